The molecular formula is C19H19ClFN3O2. The average Bonchev–Trinajstić information content (AvgIpc) is 3.37. The molecular weight excluding hydrogens is 357 g/mol. The topological polar surface area (TPSA) is 68.9 Å². The number of fused-ring (bicyclic) bond motifs is 1. The molecule has 1 heterocycles. The number of hydrogen-bond acceptors (Lipinski definition) is 3. The lowest BCUT2D eigenvalue weighted by Crippen LogP contribution is -2.23. The van der Waals surface area contributed by atoms with E-state index in [1.165, 1.54) is 6.07 Å². The Balaban J connectivity index is 1.44. The molecule has 0 spiro atoms. The van der Waals surface area contributed by atoms with Gasteiger partial charge in [-0.15, -0.1) is 0 Å². The van der Waals surface area contributed by atoms with Crippen LogP contribution in [-0.4, -0.2) is 25.2 Å². The summed E-state index contributed by atoms with van der Waals surface area (Å²) in [6, 6.07) is 10.2. The molecule has 2 unspecified atom stereocenters. The molecule has 2 atom stereocenters. The van der Waals surface area contributed by atoms with Crippen LogP contribution in [0.3, 0.4) is 0 Å². The minimum Gasteiger partial charge on any atom is -0.490 e. The Bertz CT molecular complexity index is 838. The summed E-state index contributed by atoms with van der Waals surface area (Å²) in [6.07, 6.45) is 1.58. The van der Waals surface area contributed by atoms with Crippen LogP contribution in [0.15, 0.2) is 41.4 Å². The number of nitrogens with zero attached hydrogens (tertiary/aromatic N) is 1. The lowest BCUT2D eigenvalue weighted by atomic mass is 10.1. The molecule has 0 bridgehead atoms. The van der Waals surface area contributed by atoms with Crippen LogP contribution in [0, 0.1) is 5.82 Å². The molecule has 2 aliphatic rings. The number of guanidine groups is 1. The zero-order chi connectivity index (χ0) is 18.1. The molecule has 1 aliphatic carbocycles. The minimum atomic E-state index is -0.297. The summed E-state index contributed by atoms with van der Waals surface area (Å²) in [5.41, 5.74) is 7.29. The molecule has 2 aromatic rings. The van der Waals surface area contributed by atoms with Crippen molar-refractivity contribution < 1.29 is 13.9 Å². The van der Waals surface area contributed by atoms with E-state index in [1.807, 2.05) is 18.2 Å². The van der Waals surface area contributed by atoms with Gasteiger partial charge in [0.25, 0.3) is 0 Å². The molecule has 2 aromatic carbocycles. The minimum absolute atomic E-state index is 0.0344. The largest absolute Gasteiger partial charge is 0.490 e. The van der Waals surface area contributed by atoms with Gasteiger partial charge in [0.15, 0.2) is 17.5 Å². The van der Waals surface area contributed by atoms with Crippen LogP contribution >= 0.6 is 11.6 Å². The molecule has 5 nitrogen and oxygen atoms in total. The number of nitrogens with two attached hydrogens (primary N) is 1. The highest BCUT2D eigenvalue weighted by atomic mass is 35.5. The van der Waals surface area contributed by atoms with E-state index < -0.39 is 0 Å². The highest BCUT2D eigenvalue weighted by Gasteiger charge is 2.41. The second-order valence-corrected chi connectivity index (χ2v) is 6.80. The molecule has 4 rings (SSSR count). The summed E-state index contributed by atoms with van der Waals surface area (Å²) >= 11 is 6.12. The Morgan fingerprint density at radius 2 is 2.00 bits per heavy atom. The van der Waals surface area contributed by atoms with Gasteiger partial charge in [-0.3, -0.25) is 0 Å². The van der Waals surface area contributed by atoms with Crippen LogP contribution in [0.4, 0.5) is 10.1 Å². The van der Waals surface area contributed by atoms with Gasteiger partial charge >= 0.3 is 0 Å². The molecule has 0 amide bonds. The van der Waals surface area contributed by atoms with Crippen molar-refractivity contribution >= 4 is 23.2 Å². The zero-order valence-corrected chi connectivity index (χ0v) is 14.8. The van der Waals surface area contributed by atoms with Crippen LogP contribution in [0.1, 0.15) is 24.3 Å². The maximum Gasteiger partial charge on any atom is 0.193 e. The van der Waals surface area contributed by atoms with Gasteiger partial charge in [0.05, 0.1) is 19.3 Å². The van der Waals surface area contributed by atoms with Gasteiger partial charge in [0, 0.05) is 34.7 Å². The fourth-order valence-corrected chi connectivity index (χ4v) is 3.40. The van der Waals surface area contributed by atoms with Crippen LogP contribution in [0.2, 0.25) is 5.02 Å². The van der Waals surface area contributed by atoms with E-state index in [-0.39, 0.29) is 23.7 Å². The highest BCUT2D eigenvalue weighted by molar-refractivity contribution is 6.31. The van der Waals surface area contributed by atoms with E-state index in [1.54, 1.807) is 12.1 Å². The first-order valence-corrected chi connectivity index (χ1v) is 8.93. The van der Waals surface area contributed by atoms with Crippen molar-refractivity contribution in [3.05, 3.63) is 52.8 Å². The lowest BCUT2D eigenvalue weighted by Gasteiger charge is -2.11. The number of anilines is 1. The summed E-state index contributed by atoms with van der Waals surface area (Å²) in [6.45, 7) is 1.26. The van der Waals surface area contributed by atoms with E-state index >= 15 is 0 Å². The Morgan fingerprint density at radius 3 is 2.81 bits per heavy atom. The van der Waals surface area contributed by atoms with Crippen LogP contribution in [0.25, 0.3) is 0 Å². The number of aliphatic imine (C=N–C) groups is 1. The summed E-state index contributed by atoms with van der Waals surface area (Å²) < 4.78 is 25.3. The number of hydrogen-bond donors (Lipinski definition) is 2. The fraction of sp³-hybridized carbons (Fsp3) is 0.316. The Labute approximate surface area is 156 Å². The zero-order valence-electron chi connectivity index (χ0n) is 14.0. The second kappa shape index (κ2) is 7.03. The van der Waals surface area contributed by atoms with Crippen molar-refractivity contribution in [2.75, 3.05) is 18.5 Å². The van der Waals surface area contributed by atoms with Crippen molar-refractivity contribution in [1.82, 2.24) is 0 Å². The van der Waals surface area contributed by atoms with E-state index in [9.17, 15) is 4.39 Å². The number of benzene rings is 2. The molecule has 1 saturated carbocycles. The first kappa shape index (κ1) is 17.0. The standard InChI is InChI=1S/C19H19ClFN3O2/c20-13-3-1-4-14(21)18(13)12-10-15(12)24-19(22)23-11-5-6-16-17(9-11)26-8-2-7-25-16/h1,3-6,9,12,15H,2,7-8,10H2,(H3,22,23,24). The monoisotopic (exact) mass is 375 g/mol. The molecule has 0 aromatic heterocycles. The highest BCUT2D eigenvalue weighted by Crippen LogP contribution is 2.47. The van der Waals surface area contributed by atoms with E-state index in [4.69, 9.17) is 26.8 Å². The first-order chi connectivity index (χ1) is 12.6. The lowest BCUT2D eigenvalue weighted by molar-refractivity contribution is 0.297. The summed E-state index contributed by atoms with van der Waals surface area (Å²) in [5.74, 6) is 1.35. The maximum atomic E-state index is 14.0. The molecule has 7 heteroatoms. The third-order valence-corrected chi connectivity index (χ3v) is 4.78. The van der Waals surface area contributed by atoms with Gasteiger partial charge in [-0.1, -0.05) is 17.7 Å². The van der Waals surface area contributed by atoms with Crippen LogP contribution < -0.4 is 20.5 Å². The number of rotatable bonds is 3. The Hall–Kier alpha value is -2.47. The summed E-state index contributed by atoms with van der Waals surface area (Å²) in [4.78, 5) is 4.44. The molecule has 26 heavy (non-hydrogen) atoms. The number of halogens is 2. The van der Waals surface area contributed by atoms with Crippen molar-refractivity contribution in [3.63, 3.8) is 0 Å². The van der Waals surface area contributed by atoms with Gasteiger partial charge in [-0.2, -0.15) is 0 Å². The van der Waals surface area contributed by atoms with Crippen molar-refractivity contribution in [2.24, 2.45) is 10.7 Å². The molecule has 0 radical (unpaired) electrons. The van der Waals surface area contributed by atoms with E-state index in [0.29, 0.717) is 29.5 Å². The van der Waals surface area contributed by atoms with Crippen molar-refractivity contribution in [1.29, 1.82) is 0 Å². The van der Waals surface area contributed by atoms with Crippen LogP contribution in [-0.2, 0) is 0 Å². The number of ether oxygens (including phenoxy) is 2. The second-order valence-electron chi connectivity index (χ2n) is 6.40. The smallest absolute Gasteiger partial charge is 0.193 e. The first-order valence-electron chi connectivity index (χ1n) is 8.55. The maximum absolute atomic E-state index is 14.0. The van der Waals surface area contributed by atoms with Gasteiger partial charge in [0.2, 0.25) is 0 Å². The van der Waals surface area contributed by atoms with Gasteiger partial charge in [-0.25, -0.2) is 9.38 Å². The van der Waals surface area contributed by atoms with E-state index in [2.05, 4.69) is 10.3 Å². The van der Waals surface area contributed by atoms with E-state index in [0.717, 1.165) is 24.3 Å². The van der Waals surface area contributed by atoms with Gasteiger partial charge in [-0.05, 0) is 30.7 Å². The third-order valence-electron chi connectivity index (χ3n) is 4.45. The Kier molecular flexibility index (Phi) is 4.59. The van der Waals surface area contributed by atoms with Crippen molar-refractivity contribution in [2.45, 2.75) is 24.8 Å². The predicted molar refractivity (Wildman–Crippen MR) is 99.9 cm³/mol. The number of nitrogens with one attached hydrogen (secondary N) is 1. The quantitative estimate of drug-likeness (QED) is 0.630. The average molecular weight is 376 g/mol. The van der Waals surface area contributed by atoms with Crippen molar-refractivity contribution in [3.8, 4) is 11.5 Å². The molecule has 136 valence electrons. The molecule has 1 fully saturated rings. The van der Waals surface area contributed by atoms with Gasteiger partial charge in [0.1, 0.15) is 5.82 Å². The normalized spacial score (nSPS) is 21.8. The van der Waals surface area contributed by atoms with Crippen LogP contribution in [0.5, 0.6) is 11.5 Å². The van der Waals surface area contributed by atoms with Gasteiger partial charge < -0.3 is 20.5 Å². The fourth-order valence-electron chi connectivity index (χ4n) is 3.10. The predicted octanol–water partition coefficient (Wildman–Crippen LogP) is 3.92. The molecule has 3 N–H and O–H groups in total. The molecule has 1 aliphatic heterocycles. The summed E-state index contributed by atoms with van der Waals surface area (Å²) in [5, 5.41) is 3.48. The third kappa shape index (κ3) is 3.55. The SMILES string of the molecule is NC(=NC1CC1c1c(F)cccc1Cl)Nc1ccc2c(c1)OCCCO2. The Morgan fingerprint density at radius 1 is 1.19 bits per heavy atom. The summed E-state index contributed by atoms with van der Waals surface area (Å²) in [7, 11) is 0. The molecule has 0 saturated heterocycles.